The third-order valence-electron chi connectivity index (χ3n) is 8.57. The fourth-order valence-electron chi connectivity index (χ4n) is 6.98. The highest BCUT2D eigenvalue weighted by Crippen LogP contribution is 2.46. The molecule has 2 aromatic rings. The second-order valence-electron chi connectivity index (χ2n) is 12.1. The van der Waals surface area contributed by atoms with E-state index in [0.717, 1.165) is 54.1 Å². The summed E-state index contributed by atoms with van der Waals surface area (Å²) in [6.07, 6.45) is 5.88. The van der Waals surface area contributed by atoms with Crippen molar-refractivity contribution in [2.24, 2.45) is 5.92 Å². The predicted molar refractivity (Wildman–Crippen MR) is 141 cm³/mol. The summed E-state index contributed by atoms with van der Waals surface area (Å²) >= 11 is 0. The van der Waals surface area contributed by atoms with E-state index < -0.39 is 0 Å². The van der Waals surface area contributed by atoms with Crippen molar-refractivity contribution in [2.45, 2.75) is 89.0 Å². The zero-order valence-corrected chi connectivity index (χ0v) is 21.9. The number of benzene rings is 1. The number of carbonyl (C=O) groups excluding carboxylic acids is 1. The summed E-state index contributed by atoms with van der Waals surface area (Å²) in [6.45, 7) is 8.20. The number of amides is 1. The van der Waals surface area contributed by atoms with Gasteiger partial charge in [-0.2, -0.15) is 0 Å². The smallest absolute Gasteiger partial charge is 0.230 e. The highest BCUT2D eigenvalue weighted by molar-refractivity contribution is 6.00. The number of nitrogens with zero attached hydrogens (tertiary/aromatic N) is 3. The average molecular weight is 505 g/mol. The third-order valence-corrected chi connectivity index (χ3v) is 8.57. The second-order valence-corrected chi connectivity index (χ2v) is 12.1. The van der Waals surface area contributed by atoms with Crippen LogP contribution in [0.4, 0.5) is 22.9 Å². The van der Waals surface area contributed by atoms with Gasteiger partial charge in [0.05, 0.1) is 54.9 Å². The second kappa shape index (κ2) is 8.68. The van der Waals surface area contributed by atoms with E-state index in [4.69, 9.17) is 14.2 Å². The van der Waals surface area contributed by atoms with Crippen LogP contribution in [0.5, 0.6) is 0 Å². The normalized spacial score (nSPS) is 32.1. The average Bonchev–Trinajstić information content (AvgIpc) is 3.53. The summed E-state index contributed by atoms with van der Waals surface area (Å²) in [5.41, 5.74) is 3.85. The maximum atomic E-state index is 14.1. The lowest BCUT2D eigenvalue weighted by molar-refractivity contribution is -0.126. The standard InChI is InChI=1S/C29H36N4O4/c1-29(2,3)37-20-9-6-17(7-10-20)28(34)32-14-18-5-4-12-30-27(18)31-21-11-8-19(13-22(21)32)33-23-15-35-26-24(33)16-36-25(23)26/h4-5,8,11-13,17,20,23-26H,6-7,9-10,14-16H2,1-3H3,(H,30,31)/t17?,20?,23-,24-,25-,26-/m1/s1. The van der Waals surface area contributed by atoms with Gasteiger partial charge < -0.3 is 29.3 Å². The first-order valence-corrected chi connectivity index (χ1v) is 13.7. The summed E-state index contributed by atoms with van der Waals surface area (Å²) in [4.78, 5) is 23.2. The van der Waals surface area contributed by atoms with E-state index in [1.54, 1.807) is 6.20 Å². The molecule has 1 aliphatic carbocycles. The first-order valence-electron chi connectivity index (χ1n) is 13.7. The van der Waals surface area contributed by atoms with Crippen LogP contribution in [0.2, 0.25) is 0 Å². The van der Waals surface area contributed by atoms with Crippen LogP contribution in [0.3, 0.4) is 0 Å². The molecular weight excluding hydrogens is 468 g/mol. The Kier molecular flexibility index (Phi) is 5.50. The molecule has 4 atom stereocenters. The van der Waals surface area contributed by atoms with E-state index in [9.17, 15) is 4.79 Å². The first kappa shape index (κ1) is 23.4. The molecule has 4 bridgehead atoms. The highest BCUT2D eigenvalue weighted by Gasteiger charge is 2.60. The first-order chi connectivity index (χ1) is 17.9. The van der Waals surface area contributed by atoms with E-state index in [-0.39, 0.29) is 47.8 Å². The summed E-state index contributed by atoms with van der Waals surface area (Å²) < 4.78 is 18.2. The number of anilines is 4. The number of ether oxygens (including phenoxy) is 3. The summed E-state index contributed by atoms with van der Waals surface area (Å²) in [6, 6.07) is 10.9. The van der Waals surface area contributed by atoms with Crippen LogP contribution in [0.25, 0.3) is 0 Å². The maximum absolute atomic E-state index is 14.1. The van der Waals surface area contributed by atoms with Gasteiger partial charge in [0.25, 0.3) is 0 Å². The van der Waals surface area contributed by atoms with Crippen LogP contribution in [0.15, 0.2) is 36.5 Å². The number of carbonyl (C=O) groups is 1. The Balaban J connectivity index is 1.19. The van der Waals surface area contributed by atoms with Gasteiger partial charge in [-0.1, -0.05) is 6.07 Å². The minimum absolute atomic E-state index is 0.00448. The molecule has 1 saturated carbocycles. The number of rotatable bonds is 3. The molecule has 5 aliphatic rings. The van der Waals surface area contributed by atoms with Crippen molar-refractivity contribution in [3.05, 3.63) is 42.1 Å². The monoisotopic (exact) mass is 504 g/mol. The van der Waals surface area contributed by atoms with Crippen LogP contribution in [0, 0.1) is 5.92 Å². The van der Waals surface area contributed by atoms with Crippen LogP contribution >= 0.6 is 0 Å². The lowest BCUT2D eigenvalue weighted by Gasteiger charge is -2.39. The lowest BCUT2D eigenvalue weighted by atomic mass is 9.86. The van der Waals surface area contributed by atoms with E-state index in [1.807, 2.05) is 11.0 Å². The zero-order chi connectivity index (χ0) is 25.3. The van der Waals surface area contributed by atoms with Crippen molar-refractivity contribution >= 4 is 28.8 Å². The van der Waals surface area contributed by atoms with Crippen LogP contribution in [-0.2, 0) is 25.5 Å². The Morgan fingerprint density at radius 3 is 2.49 bits per heavy atom. The molecule has 1 amide bonds. The fourth-order valence-corrected chi connectivity index (χ4v) is 6.98. The molecule has 0 unspecified atom stereocenters. The Labute approximate surface area is 218 Å². The number of morpholine rings is 2. The minimum Gasteiger partial charge on any atom is -0.373 e. The van der Waals surface area contributed by atoms with Gasteiger partial charge in [-0.3, -0.25) is 4.79 Å². The molecule has 7 rings (SSSR count). The van der Waals surface area contributed by atoms with Gasteiger partial charge in [-0.25, -0.2) is 4.98 Å². The summed E-state index contributed by atoms with van der Waals surface area (Å²) in [7, 11) is 0. The van der Waals surface area contributed by atoms with Gasteiger partial charge >= 0.3 is 0 Å². The number of aromatic nitrogens is 1. The Hall–Kier alpha value is -2.68. The molecule has 0 radical (unpaired) electrons. The number of fused-ring (bicyclic) bond motifs is 2. The molecule has 4 aliphatic heterocycles. The van der Waals surface area contributed by atoms with E-state index in [1.165, 1.54) is 0 Å². The molecular formula is C29H36N4O4. The topological polar surface area (TPSA) is 76.2 Å². The number of hydrogen-bond donors (Lipinski definition) is 1. The predicted octanol–water partition coefficient (Wildman–Crippen LogP) is 4.40. The molecule has 3 saturated heterocycles. The van der Waals surface area contributed by atoms with Crippen LogP contribution in [-0.4, -0.2) is 60.1 Å². The van der Waals surface area contributed by atoms with Gasteiger partial charge in [0, 0.05) is 23.4 Å². The number of hydrogen-bond acceptors (Lipinski definition) is 7. The van der Waals surface area contributed by atoms with Crippen molar-refractivity contribution in [1.29, 1.82) is 0 Å². The minimum atomic E-state index is -0.158. The molecule has 1 N–H and O–H groups in total. The van der Waals surface area contributed by atoms with Crippen LogP contribution < -0.4 is 15.1 Å². The summed E-state index contributed by atoms with van der Waals surface area (Å²) in [5.74, 6) is 1.01. The highest BCUT2D eigenvalue weighted by atomic mass is 16.6. The molecule has 0 spiro atoms. The van der Waals surface area contributed by atoms with Crippen molar-refractivity contribution in [3.63, 3.8) is 0 Å². The van der Waals surface area contributed by atoms with Gasteiger partial charge in [0.15, 0.2) is 0 Å². The van der Waals surface area contributed by atoms with Gasteiger partial charge in [0.2, 0.25) is 5.91 Å². The third kappa shape index (κ3) is 4.01. The molecule has 8 heteroatoms. The molecule has 1 aromatic carbocycles. The van der Waals surface area contributed by atoms with Gasteiger partial charge in [-0.15, -0.1) is 0 Å². The van der Waals surface area contributed by atoms with E-state index in [2.05, 4.69) is 60.2 Å². The fraction of sp³-hybridized carbons (Fsp3) is 0.586. The van der Waals surface area contributed by atoms with Gasteiger partial charge in [-0.05, 0) is 70.7 Å². The molecule has 4 fully saturated rings. The van der Waals surface area contributed by atoms with Gasteiger partial charge in [0.1, 0.15) is 18.0 Å². The maximum Gasteiger partial charge on any atom is 0.230 e. The van der Waals surface area contributed by atoms with Crippen LogP contribution in [0.1, 0.15) is 52.0 Å². The van der Waals surface area contributed by atoms with Crippen molar-refractivity contribution < 1.29 is 19.0 Å². The van der Waals surface area contributed by atoms with Crippen molar-refractivity contribution in [2.75, 3.05) is 28.3 Å². The SMILES string of the molecule is CC(C)(C)OC1CCC(C(=O)N2Cc3cccnc3Nc3ccc(N4[C@@H]5CO[C@H]6[C@@H]5OC[C@H]64)cc32)CC1. The van der Waals surface area contributed by atoms with Crippen molar-refractivity contribution in [3.8, 4) is 0 Å². The molecule has 37 heavy (non-hydrogen) atoms. The molecule has 196 valence electrons. The summed E-state index contributed by atoms with van der Waals surface area (Å²) in [5, 5.41) is 3.52. The molecule has 1 aromatic heterocycles. The van der Waals surface area contributed by atoms with Crippen molar-refractivity contribution in [1.82, 2.24) is 4.98 Å². The molecule has 8 nitrogen and oxygen atoms in total. The lowest BCUT2D eigenvalue weighted by Crippen LogP contribution is -2.50. The number of pyridine rings is 1. The quantitative estimate of drug-likeness (QED) is 0.664. The zero-order valence-electron chi connectivity index (χ0n) is 21.9. The Bertz CT molecular complexity index is 1190. The Morgan fingerprint density at radius 2 is 1.78 bits per heavy atom. The molecule has 5 heterocycles. The van der Waals surface area contributed by atoms with E-state index in [0.29, 0.717) is 19.8 Å². The largest absolute Gasteiger partial charge is 0.373 e. The number of nitrogens with one attached hydrogen (secondary N) is 1. The van der Waals surface area contributed by atoms with E-state index >= 15 is 0 Å². The Morgan fingerprint density at radius 1 is 1.05 bits per heavy atom.